The summed E-state index contributed by atoms with van der Waals surface area (Å²) in [5.41, 5.74) is 1.04. The van der Waals surface area contributed by atoms with E-state index in [2.05, 4.69) is 6.92 Å². The summed E-state index contributed by atoms with van der Waals surface area (Å²) in [7, 11) is 0. The van der Waals surface area contributed by atoms with Gasteiger partial charge in [-0.3, -0.25) is 0 Å². The first kappa shape index (κ1) is 12.1. The van der Waals surface area contributed by atoms with Gasteiger partial charge in [0.1, 0.15) is 5.75 Å². The molecule has 2 nitrogen and oxygen atoms in total. The molecular weight excluding hydrogens is 188 g/mol. The molecule has 0 spiro atoms. The Labute approximate surface area is 91.9 Å². The van der Waals surface area contributed by atoms with Crippen LogP contribution in [0.4, 0.5) is 0 Å². The van der Waals surface area contributed by atoms with Crippen molar-refractivity contribution < 1.29 is 9.84 Å². The van der Waals surface area contributed by atoms with Crippen molar-refractivity contribution in [1.82, 2.24) is 0 Å². The van der Waals surface area contributed by atoms with Crippen LogP contribution in [0.25, 0.3) is 0 Å². The van der Waals surface area contributed by atoms with Gasteiger partial charge in [0.15, 0.2) is 0 Å². The summed E-state index contributed by atoms with van der Waals surface area (Å²) in [5, 5.41) is 9.52. The molecule has 2 heteroatoms. The second-order valence-electron chi connectivity index (χ2n) is 3.70. The largest absolute Gasteiger partial charge is 0.508 e. The predicted octanol–water partition coefficient (Wildman–Crippen LogP) is 3.14. The fourth-order valence-corrected chi connectivity index (χ4v) is 1.49. The van der Waals surface area contributed by atoms with Crippen molar-refractivity contribution in [3.05, 3.63) is 29.8 Å². The summed E-state index contributed by atoms with van der Waals surface area (Å²) in [5.74, 6) is 0.409. The van der Waals surface area contributed by atoms with E-state index in [1.165, 1.54) is 0 Å². The molecule has 0 aliphatic carbocycles. The van der Waals surface area contributed by atoms with Crippen LogP contribution in [0, 0.1) is 0 Å². The maximum atomic E-state index is 9.52. The zero-order valence-electron chi connectivity index (χ0n) is 9.41. The molecule has 0 fully saturated rings. The third-order valence-electron chi connectivity index (χ3n) is 2.32. The van der Waals surface area contributed by atoms with E-state index >= 15 is 0 Å². The molecule has 1 aromatic rings. The lowest BCUT2D eigenvalue weighted by Gasteiger charge is -2.04. The molecule has 0 saturated heterocycles. The zero-order valence-corrected chi connectivity index (χ0v) is 9.41. The van der Waals surface area contributed by atoms with E-state index in [1.54, 1.807) is 6.07 Å². The van der Waals surface area contributed by atoms with Crippen molar-refractivity contribution in [2.75, 3.05) is 13.2 Å². The van der Waals surface area contributed by atoms with E-state index in [-0.39, 0.29) is 0 Å². The van der Waals surface area contributed by atoms with Crippen molar-refractivity contribution in [2.24, 2.45) is 0 Å². The first-order valence-electron chi connectivity index (χ1n) is 5.69. The molecule has 0 aliphatic heterocycles. The van der Waals surface area contributed by atoms with Crippen LogP contribution in [0.3, 0.4) is 0 Å². The molecule has 1 N–H and O–H groups in total. The molecule has 0 aliphatic rings. The Hall–Kier alpha value is -1.02. The summed E-state index contributed by atoms with van der Waals surface area (Å²) in [4.78, 5) is 0. The molecule has 0 amide bonds. The fourth-order valence-electron chi connectivity index (χ4n) is 1.49. The Morgan fingerprint density at radius 1 is 1.13 bits per heavy atom. The Morgan fingerprint density at radius 2 is 1.93 bits per heavy atom. The van der Waals surface area contributed by atoms with Crippen LogP contribution >= 0.6 is 0 Å². The van der Waals surface area contributed by atoms with Gasteiger partial charge in [-0.15, -0.1) is 0 Å². The number of phenols is 1. The highest BCUT2D eigenvalue weighted by Crippen LogP contribution is 2.17. The van der Waals surface area contributed by atoms with Gasteiger partial charge >= 0.3 is 0 Å². The summed E-state index contributed by atoms with van der Waals surface area (Å²) in [6.07, 6.45) is 4.15. The topological polar surface area (TPSA) is 29.5 Å². The van der Waals surface area contributed by atoms with Crippen LogP contribution in [0.1, 0.15) is 31.7 Å². The molecule has 0 atom stereocenters. The van der Waals surface area contributed by atoms with Crippen molar-refractivity contribution in [1.29, 1.82) is 0 Å². The maximum absolute atomic E-state index is 9.52. The van der Waals surface area contributed by atoms with Crippen molar-refractivity contribution >= 4 is 0 Å². The van der Waals surface area contributed by atoms with Crippen molar-refractivity contribution in [3.8, 4) is 5.75 Å². The lowest BCUT2D eigenvalue weighted by molar-refractivity contribution is 0.131. The van der Waals surface area contributed by atoms with E-state index in [0.717, 1.165) is 44.5 Å². The van der Waals surface area contributed by atoms with Crippen LogP contribution in [0.15, 0.2) is 24.3 Å². The molecule has 1 rings (SSSR count). The van der Waals surface area contributed by atoms with Crippen LogP contribution < -0.4 is 0 Å². The second-order valence-corrected chi connectivity index (χ2v) is 3.70. The first-order chi connectivity index (χ1) is 7.34. The third-order valence-corrected chi connectivity index (χ3v) is 2.32. The number of aromatic hydroxyl groups is 1. The SMILES string of the molecule is CCCOCCCCc1ccccc1O. The third kappa shape index (κ3) is 4.84. The van der Waals surface area contributed by atoms with Crippen LogP contribution in [0.2, 0.25) is 0 Å². The van der Waals surface area contributed by atoms with E-state index in [1.807, 2.05) is 18.2 Å². The van der Waals surface area contributed by atoms with Gasteiger partial charge in [-0.05, 0) is 37.3 Å². The summed E-state index contributed by atoms with van der Waals surface area (Å²) in [6, 6.07) is 7.52. The summed E-state index contributed by atoms with van der Waals surface area (Å²) in [6.45, 7) is 3.81. The van der Waals surface area contributed by atoms with Gasteiger partial charge in [0, 0.05) is 13.2 Å². The molecule has 0 saturated carbocycles. The highest BCUT2D eigenvalue weighted by Gasteiger charge is 1.98. The molecular formula is C13H20O2. The lowest BCUT2D eigenvalue weighted by Crippen LogP contribution is -1.96. The Morgan fingerprint density at radius 3 is 2.67 bits per heavy atom. The van der Waals surface area contributed by atoms with Crippen LogP contribution in [0.5, 0.6) is 5.75 Å². The van der Waals surface area contributed by atoms with Crippen molar-refractivity contribution in [2.45, 2.75) is 32.6 Å². The number of para-hydroxylation sites is 1. The molecule has 0 radical (unpaired) electrons. The lowest BCUT2D eigenvalue weighted by atomic mass is 10.1. The van der Waals surface area contributed by atoms with Gasteiger partial charge in [-0.1, -0.05) is 25.1 Å². The van der Waals surface area contributed by atoms with Gasteiger partial charge in [-0.25, -0.2) is 0 Å². The number of rotatable bonds is 7. The van der Waals surface area contributed by atoms with Gasteiger partial charge in [0.05, 0.1) is 0 Å². The number of phenolic OH excluding ortho intramolecular Hbond substituents is 1. The van der Waals surface area contributed by atoms with Gasteiger partial charge in [-0.2, -0.15) is 0 Å². The average molecular weight is 208 g/mol. The van der Waals surface area contributed by atoms with E-state index in [0.29, 0.717) is 5.75 Å². The number of aryl methyl sites for hydroxylation is 1. The quantitative estimate of drug-likeness (QED) is 0.697. The minimum Gasteiger partial charge on any atom is -0.508 e. The highest BCUT2D eigenvalue weighted by atomic mass is 16.5. The minimum atomic E-state index is 0.409. The number of hydrogen-bond acceptors (Lipinski definition) is 2. The smallest absolute Gasteiger partial charge is 0.118 e. The minimum absolute atomic E-state index is 0.409. The Kier molecular flexibility index (Phi) is 5.86. The fraction of sp³-hybridized carbons (Fsp3) is 0.538. The van der Waals surface area contributed by atoms with Gasteiger partial charge in [0.2, 0.25) is 0 Å². The molecule has 0 bridgehead atoms. The number of hydrogen-bond donors (Lipinski definition) is 1. The highest BCUT2D eigenvalue weighted by molar-refractivity contribution is 5.31. The zero-order chi connectivity index (χ0) is 10.9. The normalized spacial score (nSPS) is 10.5. The molecule has 84 valence electrons. The van der Waals surface area contributed by atoms with Crippen LogP contribution in [-0.2, 0) is 11.2 Å². The van der Waals surface area contributed by atoms with E-state index < -0.39 is 0 Å². The molecule has 0 heterocycles. The number of ether oxygens (including phenoxy) is 1. The number of unbranched alkanes of at least 4 members (excludes halogenated alkanes) is 1. The van der Waals surface area contributed by atoms with Crippen LogP contribution in [-0.4, -0.2) is 18.3 Å². The summed E-state index contributed by atoms with van der Waals surface area (Å²) >= 11 is 0. The second kappa shape index (κ2) is 7.30. The van der Waals surface area contributed by atoms with Crippen molar-refractivity contribution in [3.63, 3.8) is 0 Å². The average Bonchev–Trinajstić information content (AvgIpc) is 2.25. The monoisotopic (exact) mass is 208 g/mol. The Balaban J connectivity index is 2.12. The van der Waals surface area contributed by atoms with Gasteiger partial charge in [0.25, 0.3) is 0 Å². The standard InChI is InChI=1S/C13H20O2/c1-2-10-15-11-6-5-8-12-7-3-4-9-13(12)14/h3-4,7,9,14H,2,5-6,8,10-11H2,1H3. The molecule has 0 aromatic heterocycles. The summed E-state index contributed by atoms with van der Waals surface area (Å²) < 4.78 is 5.39. The molecule has 1 aromatic carbocycles. The molecule has 15 heavy (non-hydrogen) atoms. The van der Waals surface area contributed by atoms with E-state index in [9.17, 15) is 5.11 Å². The molecule has 0 unspecified atom stereocenters. The van der Waals surface area contributed by atoms with Gasteiger partial charge < -0.3 is 9.84 Å². The first-order valence-corrected chi connectivity index (χ1v) is 5.69. The Bertz CT molecular complexity index is 271. The predicted molar refractivity (Wildman–Crippen MR) is 62.2 cm³/mol. The van der Waals surface area contributed by atoms with E-state index in [4.69, 9.17) is 4.74 Å². The number of benzene rings is 1. The maximum Gasteiger partial charge on any atom is 0.118 e.